The van der Waals surface area contributed by atoms with Gasteiger partial charge in [-0.05, 0) is 102 Å². The lowest BCUT2D eigenvalue weighted by atomic mass is 9.93. The van der Waals surface area contributed by atoms with Crippen LogP contribution < -0.4 is 0 Å². The lowest BCUT2D eigenvalue weighted by Crippen LogP contribution is -1.91. The van der Waals surface area contributed by atoms with E-state index in [1.54, 1.807) is 0 Å². The molecule has 0 amide bonds. The fourth-order valence-corrected chi connectivity index (χ4v) is 8.99. The highest BCUT2D eigenvalue weighted by Crippen LogP contribution is 2.46. The van der Waals surface area contributed by atoms with Gasteiger partial charge in [0.1, 0.15) is 0 Å². The van der Waals surface area contributed by atoms with Crippen LogP contribution in [0.1, 0.15) is 49.5 Å². The summed E-state index contributed by atoms with van der Waals surface area (Å²) >= 11 is 8.05. The Morgan fingerprint density at radius 2 is 0.778 bits per heavy atom. The lowest BCUT2D eigenvalue weighted by Gasteiger charge is -2.10. The molecule has 8 bridgehead atoms. The standard InChI is InChI=1S/C48H36Br2N4/c1-3-33-34(4-2)46-44(32-23-15-8-16-24-32)40-28-36(50)48(53-40)42(30-19-11-6-12-20-30)38-26-25-37(51-38)41(29-17-9-5-10-18-29)47-35(49)27-39(52-47)43(45(33)54-46)31-21-13-7-14-22-31/h5-28,52-53H,3-4H2,1-2H3. The van der Waals surface area contributed by atoms with Gasteiger partial charge in [-0.15, -0.1) is 0 Å². The van der Waals surface area contributed by atoms with Gasteiger partial charge in [0, 0.05) is 42.2 Å². The fraction of sp³-hybridized carbons (Fsp3) is 0.0833. The SMILES string of the molecule is CCC1=C(CC)c2nc1c(-c1ccccc1)c1cc(Br)c([nH]1)c(-c1ccccc1)c1nc(c(-c3ccccc3)c3[nH]c(cc3Br)c2-c2ccccc2)C=C1. The van der Waals surface area contributed by atoms with Gasteiger partial charge in [-0.3, -0.25) is 0 Å². The minimum absolute atomic E-state index is 0.839. The second-order valence-corrected chi connectivity index (χ2v) is 15.2. The van der Waals surface area contributed by atoms with E-state index in [0.717, 1.165) is 111 Å². The zero-order valence-corrected chi connectivity index (χ0v) is 33.1. The van der Waals surface area contributed by atoms with Gasteiger partial charge in [-0.1, -0.05) is 135 Å². The molecule has 4 aromatic carbocycles. The van der Waals surface area contributed by atoms with Crippen molar-refractivity contribution in [2.45, 2.75) is 26.7 Å². The third kappa shape index (κ3) is 5.90. The maximum absolute atomic E-state index is 5.72. The van der Waals surface area contributed by atoms with Crippen molar-refractivity contribution in [2.75, 3.05) is 0 Å². The van der Waals surface area contributed by atoms with E-state index in [4.69, 9.17) is 9.97 Å². The van der Waals surface area contributed by atoms with Gasteiger partial charge >= 0.3 is 0 Å². The third-order valence-corrected chi connectivity index (χ3v) is 11.6. The molecule has 0 spiro atoms. The van der Waals surface area contributed by atoms with Crippen molar-refractivity contribution in [3.63, 3.8) is 0 Å². The van der Waals surface area contributed by atoms with Crippen LogP contribution in [-0.4, -0.2) is 19.9 Å². The van der Waals surface area contributed by atoms with Crippen molar-refractivity contribution in [3.8, 4) is 44.5 Å². The Bertz CT molecular complexity index is 2590. The number of benzene rings is 4. The van der Waals surface area contributed by atoms with Gasteiger partial charge in [0.05, 0.1) is 33.8 Å². The maximum atomic E-state index is 5.72. The molecule has 54 heavy (non-hydrogen) atoms. The van der Waals surface area contributed by atoms with Crippen molar-refractivity contribution in [1.29, 1.82) is 0 Å². The molecule has 5 heterocycles. The van der Waals surface area contributed by atoms with Gasteiger partial charge in [-0.2, -0.15) is 0 Å². The molecule has 2 N–H and O–H groups in total. The van der Waals surface area contributed by atoms with E-state index < -0.39 is 0 Å². The summed E-state index contributed by atoms with van der Waals surface area (Å²) in [4.78, 5) is 19.0. The molecule has 0 saturated heterocycles. The molecule has 0 atom stereocenters. The molecule has 0 radical (unpaired) electrons. The average Bonchev–Trinajstić information content (AvgIpc) is 4.01. The fourth-order valence-electron chi connectivity index (χ4n) is 7.94. The van der Waals surface area contributed by atoms with Gasteiger partial charge in [0.2, 0.25) is 0 Å². The predicted octanol–water partition coefficient (Wildman–Crippen LogP) is 14.4. The number of allylic oxidation sites excluding steroid dienone is 2. The van der Waals surface area contributed by atoms with Crippen molar-refractivity contribution in [1.82, 2.24) is 19.9 Å². The molecule has 0 saturated carbocycles. The molecule has 9 rings (SSSR count). The summed E-state index contributed by atoms with van der Waals surface area (Å²) in [6.07, 6.45) is 5.96. The number of rotatable bonds is 6. The monoisotopic (exact) mass is 826 g/mol. The van der Waals surface area contributed by atoms with Crippen LogP contribution in [0.2, 0.25) is 0 Å². The first-order valence-corrected chi connectivity index (χ1v) is 19.9. The van der Waals surface area contributed by atoms with Crippen LogP contribution in [0, 0.1) is 0 Å². The van der Waals surface area contributed by atoms with Gasteiger partial charge < -0.3 is 9.97 Å². The minimum Gasteiger partial charge on any atom is -0.353 e. The minimum atomic E-state index is 0.839. The van der Waals surface area contributed by atoms with E-state index in [0.29, 0.717) is 0 Å². The van der Waals surface area contributed by atoms with Crippen molar-refractivity contribution in [3.05, 3.63) is 165 Å². The summed E-state index contributed by atoms with van der Waals surface area (Å²) in [6.45, 7) is 4.49. The second-order valence-electron chi connectivity index (χ2n) is 13.5. The van der Waals surface area contributed by atoms with Crippen molar-refractivity contribution in [2.24, 2.45) is 0 Å². The van der Waals surface area contributed by atoms with E-state index in [-0.39, 0.29) is 0 Å². The van der Waals surface area contributed by atoms with Crippen molar-refractivity contribution >= 4 is 77.2 Å². The largest absolute Gasteiger partial charge is 0.353 e. The Hall–Kier alpha value is -5.56. The maximum Gasteiger partial charge on any atom is 0.0771 e. The van der Waals surface area contributed by atoms with Crippen LogP contribution in [0.5, 0.6) is 0 Å². The molecule has 4 nitrogen and oxygen atoms in total. The first-order chi connectivity index (χ1) is 26.5. The quantitative estimate of drug-likeness (QED) is 0.175. The molecule has 6 heteroatoms. The number of H-pyrrole nitrogens is 2. The van der Waals surface area contributed by atoms with Gasteiger partial charge in [0.25, 0.3) is 0 Å². The van der Waals surface area contributed by atoms with Crippen LogP contribution in [0.4, 0.5) is 0 Å². The van der Waals surface area contributed by atoms with Crippen LogP contribution in [-0.2, 0) is 0 Å². The summed E-state index contributed by atoms with van der Waals surface area (Å²) in [5, 5.41) is 0. The van der Waals surface area contributed by atoms with Crippen molar-refractivity contribution < 1.29 is 0 Å². The molecule has 7 aromatic rings. The smallest absolute Gasteiger partial charge is 0.0771 e. The average molecular weight is 829 g/mol. The van der Waals surface area contributed by atoms with Crippen LogP contribution in [0.25, 0.3) is 89.9 Å². The summed E-state index contributed by atoms with van der Waals surface area (Å²) < 4.78 is 1.92. The second kappa shape index (κ2) is 14.3. The van der Waals surface area contributed by atoms with E-state index in [1.165, 1.54) is 11.1 Å². The van der Waals surface area contributed by atoms with Crippen LogP contribution >= 0.6 is 31.9 Å². The molecule has 2 aliphatic heterocycles. The number of aromatic nitrogens is 4. The number of halogens is 2. The Morgan fingerprint density at radius 1 is 0.444 bits per heavy atom. The third-order valence-electron chi connectivity index (χ3n) is 10.3. The molecule has 262 valence electrons. The predicted molar refractivity (Wildman–Crippen MR) is 234 cm³/mol. The number of nitrogens with zero attached hydrogens (tertiary/aromatic N) is 2. The molecule has 2 aliphatic rings. The number of fused-ring (bicyclic) bond motifs is 8. The Balaban J connectivity index is 1.57. The van der Waals surface area contributed by atoms with E-state index in [9.17, 15) is 0 Å². The molecule has 0 fully saturated rings. The highest BCUT2D eigenvalue weighted by atomic mass is 79.9. The zero-order chi connectivity index (χ0) is 36.8. The molecule has 3 aromatic heterocycles. The van der Waals surface area contributed by atoms with E-state index in [2.05, 4.69) is 201 Å². The van der Waals surface area contributed by atoms with Gasteiger partial charge in [-0.25, -0.2) is 9.97 Å². The molecular formula is C48H36Br2N4. The van der Waals surface area contributed by atoms with Gasteiger partial charge in [0.15, 0.2) is 0 Å². The van der Waals surface area contributed by atoms with Crippen LogP contribution in [0.3, 0.4) is 0 Å². The molecule has 0 unspecified atom stereocenters. The highest BCUT2D eigenvalue weighted by molar-refractivity contribution is 9.11. The molecular weight excluding hydrogens is 792 g/mol. The zero-order valence-electron chi connectivity index (χ0n) is 29.9. The summed E-state index contributed by atoms with van der Waals surface area (Å²) in [7, 11) is 0. The van der Waals surface area contributed by atoms with E-state index in [1.807, 2.05) is 0 Å². The Labute approximate surface area is 331 Å². The number of hydrogen-bond acceptors (Lipinski definition) is 2. The summed E-state index contributed by atoms with van der Waals surface area (Å²) in [6, 6.07) is 46.8. The normalized spacial score (nSPS) is 12.4. The number of aromatic amines is 2. The Morgan fingerprint density at radius 3 is 1.11 bits per heavy atom. The first-order valence-electron chi connectivity index (χ1n) is 18.4. The number of hydrogen-bond donors (Lipinski definition) is 2. The summed E-state index contributed by atoms with van der Waals surface area (Å²) in [5.74, 6) is 0. The topological polar surface area (TPSA) is 57.4 Å². The first kappa shape index (κ1) is 34.2. The summed E-state index contributed by atoms with van der Waals surface area (Å²) in [5.41, 5.74) is 18.7. The van der Waals surface area contributed by atoms with Crippen LogP contribution in [0.15, 0.2) is 142 Å². The number of nitrogens with one attached hydrogen (secondary N) is 2. The lowest BCUT2D eigenvalue weighted by molar-refractivity contribution is 1.20. The molecule has 0 aliphatic carbocycles. The highest BCUT2D eigenvalue weighted by Gasteiger charge is 2.27. The Kier molecular flexibility index (Phi) is 9.09. The van der Waals surface area contributed by atoms with E-state index >= 15 is 0 Å².